The molecule has 588 valence electrons. The van der Waals surface area contributed by atoms with Gasteiger partial charge >= 0.3 is 0 Å². The van der Waals surface area contributed by atoms with Crippen molar-refractivity contribution in [2.75, 3.05) is 14.7 Å². The maximum absolute atomic E-state index is 2.45. The third kappa shape index (κ3) is 12.1. The summed E-state index contributed by atoms with van der Waals surface area (Å²) in [7, 11) is 0. The van der Waals surface area contributed by atoms with Crippen molar-refractivity contribution in [1.29, 1.82) is 0 Å². The van der Waals surface area contributed by atoms with Crippen molar-refractivity contribution in [2.24, 2.45) is 0 Å². The number of fused-ring (bicyclic) bond motifs is 30. The molecule has 0 unspecified atom stereocenters. The summed E-state index contributed by atoms with van der Waals surface area (Å²) in [5.74, 6) is 0. The topological polar surface area (TPSA) is 9.72 Å². The summed E-state index contributed by atoms with van der Waals surface area (Å²) in [6.45, 7) is 0. The highest BCUT2D eigenvalue weighted by Crippen LogP contribution is 2.52. The molecule has 0 radical (unpaired) electrons. The van der Waals surface area contributed by atoms with Gasteiger partial charge in [-0.25, -0.2) is 0 Å². The first-order chi connectivity index (χ1) is 62.5. The van der Waals surface area contributed by atoms with Crippen molar-refractivity contribution in [2.45, 2.75) is 0 Å². The average Bonchev–Trinajstić information content (AvgIpc) is 0.821. The lowest BCUT2D eigenvalue weighted by Crippen LogP contribution is -2.10. The van der Waals surface area contributed by atoms with Gasteiger partial charge in [0.1, 0.15) is 0 Å². The Labute approximate surface area is 738 Å². The van der Waals surface area contributed by atoms with Gasteiger partial charge in [-0.2, -0.15) is 0 Å². The van der Waals surface area contributed by atoms with Crippen molar-refractivity contribution >= 4 is 275 Å². The normalized spacial score (nSPS) is 11.8. The van der Waals surface area contributed by atoms with Crippen LogP contribution >= 0.6 is 34.0 Å². The Kier molecular flexibility index (Phi) is 17.6. The standard InChI is InChI=1S/3C40H25NS/c1-2-11-28(12-3-1)41(37-18-9-16-35-32-14-6-7-19-38(32)42-40(35)37)36-17-8-15-33-31(36)24-22-27-21-23-30-29-13-5-4-10-26(29)20-25-34(30)39(27)33;1-2-10-29(11-3-1)41(37-15-8-14-36-34-13-6-7-16-38(34)42-40(36)37)30-21-24-32-28(25-30)18-17-27-20-22-33-31-12-5-4-9-26(31)19-23-35(33)39(27)32;1-2-10-29(11-3-1)41(37-15-8-14-36-34-13-6-7-16-38(34)42-40(36)37)30-21-24-31-28(25-30)20-23-35-33(31)22-19-27-18-17-26-9-4-5-12-32(26)39(27)35/h3*1-25H. The molecule has 3 aromatic heterocycles. The van der Waals surface area contributed by atoms with Gasteiger partial charge < -0.3 is 14.7 Å². The van der Waals surface area contributed by atoms with Gasteiger partial charge in [0.2, 0.25) is 0 Å². The zero-order chi connectivity index (χ0) is 82.9. The third-order valence-electron chi connectivity index (χ3n) is 25.8. The van der Waals surface area contributed by atoms with Gasteiger partial charge in [-0.05, 0) is 227 Å². The Morgan fingerprint density at radius 3 is 0.833 bits per heavy atom. The van der Waals surface area contributed by atoms with E-state index >= 15 is 0 Å². The molecule has 27 rings (SSSR count). The number of thiophene rings is 3. The van der Waals surface area contributed by atoms with Crippen LogP contribution in [0.15, 0.2) is 455 Å². The van der Waals surface area contributed by atoms with E-state index in [0.717, 1.165) is 28.4 Å². The first-order valence-electron chi connectivity index (χ1n) is 43.1. The molecule has 6 heteroatoms. The predicted molar refractivity (Wildman–Crippen MR) is 552 cm³/mol. The van der Waals surface area contributed by atoms with E-state index in [1.165, 1.54) is 213 Å². The molecule has 24 aromatic carbocycles. The van der Waals surface area contributed by atoms with Crippen LogP contribution in [-0.2, 0) is 0 Å². The van der Waals surface area contributed by atoms with Crippen molar-refractivity contribution in [3.05, 3.63) is 455 Å². The first kappa shape index (κ1) is 73.2. The monoisotopic (exact) mass is 1650 g/mol. The highest BCUT2D eigenvalue weighted by atomic mass is 32.1. The number of hydrogen-bond donors (Lipinski definition) is 0. The number of nitrogens with zero attached hydrogens (tertiary/aromatic N) is 3. The van der Waals surface area contributed by atoms with Crippen LogP contribution in [0.25, 0.3) is 190 Å². The number of para-hydroxylation sites is 3. The Hall–Kier alpha value is -15.5. The largest absolute Gasteiger partial charge is 0.309 e. The second-order valence-electron chi connectivity index (χ2n) is 32.8. The molecule has 0 aliphatic carbocycles. The van der Waals surface area contributed by atoms with Gasteiger partial charge in [-0.3, -0.25) is 0 Å². The summed E-state index contributed by atoms with van der Waals surface area (Å²) in [5.41, 5.74) is 10.6. The van der Waals surface area contributed by atoms with E-state index in [4.69, 9.17) is 0 Å². The summed E-state index contributed by atoms with van der Waals surface area (Å²) in [6, 6.07) is 166. The zero-order valence-electron chi connectivity index (χ0n) is 68.4. The Morgan fingerprint density at radius 2 is 0.381 bits per heavy atom. The lowest BCUT2D eigenvalue weighted by Gasteiger charge is -2.27. The molecule has 3 nitrogen and oxygen atoms in total. The first-order valence-corrected chi connectivity index (χ1v) is 45.5. The van der Waals surface area contributed by atoms with Crippen molar-refractivity contribution < 1.29 is 0 Å². The van der Waals surface area contributed by atoms with Gasteiger partial charge in [0.25, 0.3) is 0 Å². The molecule has 0 aliphatic heterocycles. The number of rotatable bonds is 9. The lowest BCUT2D eigenvalue weighted by molar-refractivity contribution is 1.31. The van der Waals surface area contributed by atoms with E-state index < -0.39 is 0 Å². The summed E-state index contributed by atoms with van der Waals surface area (Å²) in [4.78, 5) is 7.28. The van der Waals surface area contributed by atoms with Crippen LogP contribution in [-0.4, -0.2) is 0 Å². The molecule has 0 amide bonds. The molecular formula is C120H75N3S3. The Balaban J connectivity index is 0.000000103. The zero-order valence-corrected chi connectivity index (χ0v) is 70.8. The van der Waals surface area contributed by atoms with Crippen LogP contribution in [0.2, 0.25) is 0 Å². The van der Waals surface area contributed by atoms with E-state index in [1.54, 1.807) is 0 Å². The fraction of sp³-hybridized carbons (Fsp3) is 0. The molecule has 0 spiro atoms. The predicted octanol–water partition coefficient (Wildman–Crippen LogP) is 36.4. The van der Waals surface area contributed by atoms with Gasteiger partial charge in [0.05, 0.1) is 36.8 Å². The molecule has 0 fully saturated rings. The maximum Gasteiger partial charge on any atom is 0.0640 e. The van der Waals surface area contributed by atoms with Crippen molar-refractivity contribution in [1.82, 2.24) is 0 Å². The molecule has 0 N–H and O–H groups in total. The van der Waals surface area contributed by atoms with E-state index in [-0.39, 0.29) is 0 Å². The van der Waals surface area contributed by atoms with Crippen LogP contribution in [0.5, 0.6) is 0 Å². The quantitative estimate of drug-likeness (QED) is 0.133. The van der Waals surface area contributed by atoms with Crippen LogP contribution in [0, 0.1) is 0 Å². The van der Waals surface area contributed by atoms with E-state index in [0.29, 0.717) is 0 Å². The SMILES string of the molecule is c1ccc(N(c2ccc3c(ccc4c3ccc3ccc5ccccc5c34)c2)c2cccc3c2sc2ccccc23)cc1.c1ccc(N(c2ccc3c(ccc4ccc5c6ccccc6ccc5c43)c2)c2cccc3c2sc2ccccc23)cc1.c1ccc(N(c2cccc3c2ccc2ccc4c5ccccc5ccc4c23)c2cccc3c2sc2ccccc23)cc1. The highest BCUT2D eigenvalue weighted by molar-refractivity contribution is 7.27. The maximum atomic E-state index is 2.45. The molecule has 0 aliphatic rings. The molecule has 3 heterocycles. The number of anilines is 9. The number of benzene rings is 24. The molecular weight excluding hydrogens is 1580 g/mol. The molecule has 0 saturated heterocycles. The lowest BCUT2D eigenvalue weighted by atomic mass is 9.93. The molecule has 0 bridgehead atoms. The fourth-order valence-electron chi connectivity index (χ4n) is 20.1. The van der Waals surface area contributed by atoms with Crippen molar-refractivity contribution in [3.8, 4) is 0 Å². The average molecular weight is 1660 g/mol. The van der Waals surface area contributed by atoms with E-state index in [1.807, 2.05) is 34.0 Å². The Bertz CT molecular complexity index is 9090. The van der Waals surface area contributed by atoms with Crippen LogP contribution in [0.3, 0.4) is 0 Å². The van der Waals surface area contributed by atoms with Crippen molar-refractivity contribution in [3.63, 3.8) is 0 Å². The molecule has 126 heavy (non-hydrogen) atoms. The summed E-state index contributed by atoms with van der Waals surface area (Å²) < 4.78 is 7.86. The van der Waals surface area contributed by atoms with Crippen LogP contribution in [0.1, 0.15) is 0 Å². The van der Waals surface area contributed by atoms with Gasteiger partial charge in [-0.15, -0.1) is 34.0 Å². The van der Waals surface area contributed by atoms with E-state index in [2.05, 4.69) is 470 Å². The third-order valence-corrected chi connectivity index (χ3v) is 29.5. The minimum atomic E-state index is 1.15. The highest BCUT2D eigenvalue weighted by Gasteiger charge is 2.25. The minimum Gasteiger partial charge on any atom is -0.309 e. The molecule has 0 atom stereocenters. The molecule has 0 saturated carbocycles. The van der Waals surface area contributed by atoms with Gasteiger partial charge in [-0.1, -0.05) is 352 Å². The smallest absolute Gasteiger partial charge is 0.0640 e. The summed E-state index contributed by atoms with van der Waals surface area (Å²) in [6.07, 6.45) is 0. The summed E-state index contributed by atoms with van der Waals surface area (Å²) >= 11 is 5.62. The second kappa shape index (κ2) is 30.2. The minimum absolute atomic E-state index is 1.15. The van der Waals surface area contributed by atoms with E-state index in [9.17, 15) is 0 Å². The Morgan fingerprint density at radius 1 is 0.127 bits per heavy atom. The van der Waals surface area contributed by atoms with Crippen LogP contribution < -0.4 is 14.7 Å². The van der Waals surface area contributed by atoms with Gasteiger partial charge in [0, 0.05) is 80.2 Å². The van der Waals surface area contributed by atoms with Gasteiger partial charge in [0.15, 0.2) is 0 Å². The second-order valence-corrected chi connectivity index (χ2v) is 35.9. The molecule has 27 aromatic rings. The fourth-order valence-corrected chi connectivity index (χ4v) is 23.8. The summed E-state index contributed by atoms with van der Waals surface area (Å²) in [5, 5.41) is 38.7. The van der Waals surface area contributed by atoms with Crippen LogP contribution in [0.4, 0.5) is 51.2 Å². The number of hydrogen-bond acceptors (Lipinski definition) is 6.